The van der Waals surface area contributed by atoms with Crippen molar-refractivity contribution in [3.8, 4) is 57.3 Å². The number of rotatable bonds is 7. The molecule has 0 aliphatic carbocycles. The summed E-state index contributed by atoms with van der Waals surface area (Å²) < 4.78 is 18.4. The molecule has 28 aromatic rings. The lowest BCUT2D eigenvalue weighted by molar-refractivity contribution is 0.673. The van der Waals surface area contributed by atoms with Crippen LogP contribution in [0.15, 0.2) is 417 Å². The number of hydrogen-bond donors (Lipinski definition) is 0. The smallest absolute Gasteiger partial charge is 0.235 e. The highest BCUT2D eigenvalue weighted by atomic mass is 32.1. The van der Waals surface area contributed by atoms with Crippen molar-refractivity contribution in [3.63, 3.8) is 0 Å². The Balaban J connectivity index is 0.000000101. The molecule has 0 saturated carbocycles. The van der Waals surface area contributed by atoms with E-state index in [0.29, 0.717) is 17.8 Å². The van der Waals surface area contributed by atoms with Crippen molar-refractivity contribution in [2.24, 2.45) is 0 Å². The predicted molar refractivity (Wildman–Crippen MR) is 525 cm³/mol. The van der Waals surface area contributed by atoms with Crippen LogP contribution >= 0.6 is 11.3 Å². The van der Waals surface area contributed by atoms with E-state index in [1.807, 2.05) is 53.8 Å². The molecule has 9 heterocycles. The summed E-state index contributed by atoms with van der Waals surface area (Å²) in [4.78, 5) is 31.6. The second-order valence-electron chi connectivity index (χ2n) is 32.1. The van der Waals surface area contributed by atoms with Gasteiger partial charge in [-0.2, -0.15) is 0 Å². The molecule has 0 atom stereocenters. The molecule has 0 aliphatic rings. The van der Waals surface area contributed by atoms with Crippen molar-refractivity contribution in [2.75, 3.05) is 0 Å². The van der Waals surface area contributed by atoms with Crippen LogP contribution in [0.3, 0.4) is 0 Å². The van der Waals surface area contributed by atoms with Crippen LogP contribution in [0.25, 0.3) is 252 Å². The van der Waals surface area contributed by atoms with Crippen LogP contribution in [0.5, 0.6) is 0 Å². The Bertz CT molecular complexity index is 9030. The Morgan fingerprint density at radius 1 is 0.198 bits per heavy atom. The van der Waals surface area contributed by atoms with Gasteiger partial charge in [-0.3, -0.25) is 13.7 Å². The van der Waals surface area contributed by atoms with Gasteiger partial charge in [0.05, 0.1) is 77.8 Å². The lowest BCUT2D eigenvalue weighted by atomic mass is 9.99. The Morgan fingerprint density at radius 3 is 0.913 bits per heavy atom. The first-order chi connectivity index (χ1) is 62.6. The fraction of sp³-hybridized carbons (Fsp3) is 0. The molecule has 126 heavy (non-hydrogen) atoms. The normalized spacial score (nSPS) is 12.0. The highest BCUT2D eigenvalue weighted by molar-refractivity contribution is 7.27. The van der Waals surface area contributed by atoms with E-state index < -0.39 is 0 Å². The summed E-state index contributed by atoms with van der Waals surface area (Å²) in [6, 6.07) is 145. The largest absolute Gasteiger partial charge is 0.455 e. The average molecular weight is 1630 g/mol. The average Bonchev–Trinajstić information content (AvgIpc) is 1.54. The molecule has 0 saturated heterocycles. The molecular weight excluding hydrogens is 1560 g/mol. The number of nitrogens with zero attached hydrogens (tertiary/aromatic N) is 10. The second kappa shape index (κ2) is 28.4. The first-order valence-electron chi connectivity index (χ1n) is 42.5. The maximum atomic E-state index is 6.53. The number of hydrogen-bond acceptors (Lipinski definition) is 8. The van der Waals surface area contributed by atoms with Gasteiger partial charge in [-0.25, -0.2) is 29.9 Å². The Labute approximate surface area is 723 Å². The van der Waals surface area contributed by atoms with Crippen molar-refractivity contribution in [2.45, 2.75) is 0 Å². The third-order valence-electron chi connectivity index (χ3n) is 25.3. The summed E-state index contributed by atoms with van der Waals surface area (Å²) in [5.74, 6) is 2.01. The van der Waals surface area contributed by atoms with Crippen molar-refractivity contribution < 1.29 is 4.42 Å². The quantitative estimate of drug-likeness (QED) is 0.156. The van der Waals surface area contributed by atoms with E-state index >= 15 is 0 Å². The van der Waals surface area contributed by atoms with Crippen LogP contribution in [0.4, 0.5) is 0 Å². The molecule has 0 radical (unpaired) electrons. The molecule has 12 heteroatoms. The van der Waals surface area contributed by atoms with E-state index in [9.17, 15) is 0 Å². The van der Waals surface area contributed by atoms with Crippen LogP contribution in [-0.4, -0.2) is 48.2 Å². The van der Waals surface area contributed by atoms with Crippen LogP contribution in [0.2, 0.25) is 0 Å². The first-order valence-corrected chi connectivity index (χ1v) is 43.3. The lowest BCUT2D eigenvalue weighted by Gasteiger charge is -2.14. The summed E-state index contributed by atoms with van der Waals surface area (Å²) >= 11 is 1.88. The van der Waals surface area contributed by atoms with Gasteiger partial charge in [-0.1, -0.05) is 346 Å². The Morgan fingerprint density at radius 2 is 0.484 bits per heavy atom. The molecule has 28 rings (SSSR count). The van der Waals surface area contributed by atoms with Gasteiger partial charge < -0.3 is 8.98 Å². The van der Waals surface area contributed by atoms with Gasteiger partial charge in [0, 0.05) is 145 Å². The molecule has 586 valence electrons. The van der Waals surface area contributed by atoms with Crippen LogP contribution in [0.1, 0.15) is 0 Å². The van der Waals surface area contributed by atoms with E-state index in [1.165, 1.54) is 85.1 Å². The summed E-state index contributed by atoms with van der Waals surface area (Å²) in [7, 11) is 0. The summed E-state index contributed by atoms with van der Waals surface area (Å²) in [6.07, 6.45) is 0. The van der Waals surface area contributed by atoms with Gasteiger partial charge in [0.15, 0.2) is 0 Å². The van der Waals surface area contributed by atoms with E-state index in [-0.39, 0.29) is 0 Å². The van der Waals surface area contributed by atoms with Gasteiger partial charge in [0.2, 0.25) is 17.8 Å². The molecule has 0 aliphatic heterocycles. The molecule has 19 aromatic carbocycles. The maximum Gasteiger partial charge on any atom is 0.235 e. The molecule has 0 fully saturated rings. The minimum Gasteiger partial charge on any atom is -0.455 e. The first kappa shape index (κ1) is 71.0. The zero-order valence-electron chi connectivity index (χ0n) is 67.5. The zero-order valence-corrected chi connectivity index (χ0v) is 68.4. The minimum absolute atomic E-state index is 0.654. The van der Waals surface area contributed by atoms with E-state index in [4.69, 9.17) is 34.3 Å². The topological polar surface area (TPSA) is 110 Å². The number of fused-ring (bicyclic) bond motifs is 33. The summed E-state index contributed by atoms with van der Waals surface area (Å²) in [6.45, 7) is 0. The molecule has 0 spiro atoms. The van der Waals surface area contributed by atoms with E-state index in [0.717, 1.165) is 149 Å². The number of thiophene rings is 1. The van der Waals surface area contributed by atoms with Gasteiger partial charge >= 0.3 is 0 Å². The highest BCUT2D eigenvalue weighted by Crippen LogP contribution is 2.52. The second-order valence-corrected chi connectivity index (χ2v) is 33.2. The number of benzene rings is 19. The van der Waals surface area contributed by atoms with E-state index in [2.05, 4.69) is 388 Å². The molecule has 0 amide bonds. The lowest BCUT2D eigenvalue weighted by Crippen LogP contribution is -2.04. The fourth-order valence-electron chi connectivity index (χ4n) is 20.0. The molecule has 11 nitrogen and oxygen atoms in total. The van der Waals surface area contributed by atoms with Crippen LogP contribution in [-0.2, 0) is 0 Å². The summed E-state index contributed by atoms with van der Waals surface area (Å²) in [5, 5.41) is 24.7. The van der Waals surface area contributed by atoms with Crippen LogP contribution < -0.4 is 0 Å². The van der Waals surface area contributed by atoms with Gasteiger partial charge in [-0.15, -0.1) is 11.3 Å². The monoisotopic (exact) mass is 1620 g/mol. The molecule has 0 N–H and O–H groups in total. The predicted octanol–water partition coefficient (Wildman–Crippen LogP) is 30.0. The van der Waals surface area contributed by atoms with Gasteiger partial charge in [0.25, 0.3) is 0 Å². The SMILES string of the molecule is c1ccc(-c2nc(-n3c4ccccc4c4c5c6ccccc6n(-c6ccccc6)c5c5ccccc5c43)nc3ccccc23)cc1.c1ccc(-c2nc(-n3c4ccccc4c4c5c6ccccc6oc5c5ccccc5c43)nc3ccccc23)cc1.c1ccc(-c2nc(-n3c4ccccc4c4c5c6ccccc6sc5c5ccccc5c43)nc3ccccc23)cc1. The number of para-hydroxylation sites is 9. The number of furan rings is 1. The standard InChI is InChI=1S/C42H26N4.C36H21N3O.C36H21N3S/c1-3-15-27(16-4-1)39-31-21-9-12-24-34(31)43-42(44-39)46-36-26-14-11-23-33(36)38-37-32-22-10-13-25-35(32)45(28-17-5-2-6-18-28)40(37)29-19-7-8-20-30(29)41(38)46;2*1-2-12-22(13-3-1)33-25-16-6-9-19-28(25)37-36(38-33)39-29-20-10-7-17-26(29)31-32-27-18-8-11-21-30(27)40-35(32)24-15-5-4-14-23(24)34(31)39/h1-26H;2*1-21H. The highest BCUT2D eigenvalue weighted by Gasteiger charge is 2.30. The Hall–Kier alpha value is -16.8. The molecular formula is C114H68N10OS. The zero-order chi connectivity index (χ0) is 82.6. The molecule has 0 unspecified atom stereocenters. The minimum atomic E-state index is 0.654. The summed E-state index contributed by atoms with van der Waals surface area (Å²) in [5.41, 5.74) is 20.7. The van der Waals surface area contributed by atoms with Crippen LogP contribution in [0, 0.1) is 0 Å². The van der Waals surface area contributed by atoms with E-state index in [1.54, 1.807) is 0 Å². The van der Waals surface area contributed by atoms with Gasteiger partial charge in [-0.05, 0) is 66.7 Å². The van der Waals surface area contributed by atoms with Gasteiger partial charge in [0.1, 0.15) is 11.2 Å². The molecule has 9 aromatic heterocycles. The Kier molecular flexibility index (Phi) is 16.0. The van der Waals surface area contributed by atoms with Crippen molar-refractivity contribution >= 4 is 206 Å². The fourth-order valence-corrected chi connectivity index (χ4v) is 21.3. The molecule has 0 bridgehead atoms. The van der Waals surface area contributed by atoms with Crippen molar-refractivity contribution in [3.05, 3.63) is 413 Å². The van der Waals surface area contributed by atoms with Crippen molar-refractivity contribution in [1.29, 1.82) is 0 Å². The number of aromatic nitrogens is 10. The maximum absolute atomic E-state index is 6.53. The third-order valence-corrected chi connectivity index (χ3v) is 26.5. The van der Waals surface area contributed by atoms with Crippen molar-refractivity contribution in [1.82, 2.24) is 48.2 Å². The third kappa shape index (κ3) is 10.8.